The van der Waals surface area contributed by atoms with E-state index in [1.807, 2.05) is 20.2 Å². The minimum Gasteiger partial charge on any atom is -0.369 e. The zero-order valence-electron chi connectivity index (χ0n) is 13.1. The van der Waals surface area contributed by atoms with Crippen LogP contribution >= 0.6 is 0 Å². The van der Waals surface area contributed by atoms with Crippen molar-refractivity contribution in [3.8, 4) is 0 Å². The van der Waals surface area contributed by atoms with Crippen molar-refractivity contribution in [2.24, 2.45) is 5.92 Å². The SMILES string of the molecule is CC(=O)c1c(F)cccc1N(CCN(C)C)CC(C)C. The van der Waals surface area contributed by atoms with Gasteiger partial charge in [0.2, 0.25) is 0 Å². The Morgan fingerprint density at radius 1 is 1.25 bits per heavy atom. The van der Waals surface area contributed by atoms with Gasteiger partial charge in [-0.05, 0) is 39.1 Å². The summed E-state index contributed by atoms with van der Waals surface area (Å²) in [4.78, 5) is 15.9. The van der Waals surface area contributed by atoms with E-state index in [1.165, 1.54) is 13.0 Å². The molecule has 1 aromatic rings. The number of anilines is 1. The van der Waals surface area contributed by atoms with Crippen molar-refractivity contribution in [3.05, 3.63) is 29.6 Å². The van der Waals surface area contributed by atoms with Crippen molar-refractivity contribution >= 4 is 11.5 Å². The van der Waals surface area contributed by atoms with E-state index in [0.717, 1.165) is 19.6 Å². The third-order valence-electron chi connectivity index (χ3n) is 3.09. The van der Waals surface area contributed by atoms with Crippen molar-refractivity contribution in [2.45, 2.75) is 20.8 Å². The van der Waals surface area contributed by atoms with Crippen molar-refractivity contribution in [1.82, 2.24) is 4.90 Å². The highest BCUT2D eigenvalue weighted by atomic mass is 19.1. The van der Waals surface area contributed by atoms with Gasteiger partial charge in [0.05, 0.1) is 11.3 Å². The lowest BCUT2D eigenvalue weighted by Crippen LogP contribution is -2.35. The molecule has 0 amide bonds. The average molecular weight is 280 g/mol. The summed E-state index contributed by atoms with van der Waals surface area (Å²) in [5.41, 5.74) is 0.903. The molecule has 0 saturated carbocycles. The first-order valence-corrected chi connectivity index (χ1v) is 7.02. The van der Waals surface area contributed by atoms with Crippen LogP contribution in [0.1, 0.15) is 31.1 Å². The first-order valence-electron chi connectivity index (χ1n) is 7.02. The molecule has 4 heteroatoms. The number of carbonyl (C=O) groups excluding carboxylic acids is 1. The van der Waals surface area contributed by atoms with Crippen LogP contribution in [-0.2, 0) is 0 Å². The Labute approximate surface area is 121 Å². The number of halogens is 1. The Morgan fingerprint density at radius 2 is 1.90 bits per heavy atom. The van der Waals surface area contributed by atoms with Crippen molar-refractivity contribution in [2.75, 3.05) is 38.6 Å². The normalized spacial score (nSPS) is 11.2. The van der Waals surface area contributed by atoms with E-state index < -0.39 is 5.82 Å². The molecule has 0 saturated heterocycles. The second-order valence-electron chi connectivity index (χ2n) is 5.83. The number of carbonyl (C=O) groups is 1. The molecular weight excluding hydrogens is 255 g/mol. The summed E-state index contributed by atoms with van der Waals surface area (Å²) in [5, 5.41) is 0. The summed E-state index contributed by atoms with van der Waals surface area (Å²) in [7, 11) is 4.01. The van der Waals surface area contributed by atoms with Gasteiger partial charge in [0.15, 0.2) is 5.78 Å². The van der Waals surface area contributed by atoms with E-state index >= 15 is 0 Å². The highest BCUT2D eigenvalue weighted by molar-refractivity contribution is 6.00. The molecule has 1 rings (SSSR count). The van der Waals surface area contributed by atoms with Gasteiger partial charge in [-0.3, -0.25) is 4.79 Å². The lowest BCUT2D eigenvalue weighted by Gasteiger charge is -2.29. The van der Waals surface area contributed by atoms with Gasteiger partial charge in [0, 0.05) is 19.6 Å². The fourth-order valence-corrected chi connectivity index (χ4v) is 2.20. The van der Waals surface area contributed by atoms with Crippen LogP contribution < -0.4 is 4.90 Å². The van der Waals surface area contributed by atoms with Crippen LogP contribution in [0.15, 0.2) is 18.2 Å². The fourth-order valence-electron chi connectivity index (χ4n) is 2.20. The Morgan fingerprint density at radius 3 is 2.40 bits per heavy atom. The Bertz CT molecular complexity index is 458. The van der Waals surface area contributed by atoms with Crippen molar-refractivity contribution in [3.63, 3.8) is 0 Å². The number of nitrogens with zero attached hydrogens (tertiary/aromatic N) is 2. The van der Waals surface area contributed by atoms with E-state index in [2.05, 4.69) is 23.6 Å². The van der Waals surface area contributed by atoms with Crippen LogP contribution in [0.2, 0.25) is 0 Å². The molecule has 0 bridgehead atoms. The largest absolute Gasteiger partial charge is 0.369 e. The Kier molecular flexibility index (Phi) is 6.14. The second kappa shape index (κ2) is 7.39. The molecule has 0 aliphatic rings. The molecule has 1 aromatic carbocycles. The Hall–Kier alpha value is -1.42. The number of benzene rings is 1. The van der Waals surface area contributed by atoms with Gasteiger partial charge in [0.1, 0.15) is 5.82 Å². The van der Waals surface area contributed by atoms with Gasteiger partial charge >= 0.3 is 0 Å². The zero-order valence-corrected chi connectivity index (χ0v) is 13.1. The van der Waals surface area contributed by atoms with E-state index in [4.69, 9.17) is 0 Å². The molecule has 0 fully saturated rings. The third kappa shape index (κ3) is 4.60. The monoisotopic (exact) mass is 280 g/mol. The third-order valence-corrected chi connectivity index (χ3v) is 3.09. The summed E-state index contributed by atoms with van der Waals surface area (Å²) in [6.07, 6.45) is 0. The lowest BCUT2D eigenvalue weighted by atomic mass is 10.1. The van der Waals surface area contributed by atoms with Crippen LogP contribution in [0.3, 0.4) is 0 Å². The minimum absolute atomic E-state index is 0.201. The van der Waals surface area contributed by atoms with Crippen molar-refractivity contribution in [1.29, 1.82) is 0 Å². The smallest absolute Gasteiger partial charge is 0.164 e. The van der Waals surface area contributed by atoms with Gasteiger partial charge in [-0.15, -0.1) is 0 Å². The van der Waals surface area contributed by atoms with Crippen LogP contribution in [0, 0.1) is 11.7 Å². The van der Waals surface area contributed by atoms with Crippen LogP contribution in [0.5, 0.6) is 0 Å². The molecular formula is C16H25FN2O. The molecule has 0 heterocycles. The number of likely N-dealkylation sites (N-methyl/N-ethyl adjacent to an activating group) is 1. The maximum Gasteiger partial charge on any atom is 0.164 e. The molecule has 0 aliphatic heterocycles. The van der Waals surface area contributed by atoms with Gasteiger partial charge < -0.3 is 9.80 Å². The molecule has 3 nitrogen and oxygen atoms in total. The van der Waals surface area contributed by atoms with Gasteiger partial charge in [-0.1, -0.05) is 19.9 Å². The summed E-state index contributed by atoms with van der Waals surface area (Å²) in [6, 6.07) is 4.84. The zero-order chi connectivity index (χ0) is 15.3. The molecule has 0 atom stereocenters. The molecule has 0 spiro atoms. The first-order chi connectivity index (χ1) is 9.32. The van der Waals surface area contributed by atoms with Crippen molar-refractivity contribution < 1.29 is 9.18 Å². The molecule has 0 aromatic heterocycles. The number of ketones is 1. The van der Waals surface area contributed by atoms with E-state index in [-0.39, 0.29) is 11.3 Å². The first kappa shape index (κ1) is 16.6. The summed E-state index contributed by atoms with van der Waals surface area (Å²) in [5.74, 6) is -0.217. The van der Waals surface area contributed by atoms with E-state index in [9.17, 15) is 9.18 Å². The highest BCUT2D eigenvalue weighted by Crippen LogP contribution is 2.24. The number of hydrogen-bond donors (Lipinski definition) is 0. The van der Waals surface area contributed by atoms with Gasteiger partial charge in [-0.25, -0.2) is 4.39 Å². The highest BCUT2D eigenvalue weighted by Gasteiger charge is 2.18. The van der Waals surface area contributed by atoms with Gasteiger partial charge in [0.25, 0.3) is 0 Å². The Balaban J connectivity index is 3.12. The maximum atomic E-state index is 13.9. The fraction of sp³-hybridized carbons (Fsp3) is 0.562. The lowest BCUT2D eigenvalue weighted by molar-refractivity contribution is 0.101. The minimum atomic E-state index is -0.436. The summed E-state index contributed by atoms with van der Waals surface area (Å²) < 4.78 is 13.9. The maximum absolute atomic E-state index is 13.9. The topological polar surface area (TPSA) is 23.6 Å². The quantitative estimate of drug-likeness (QED) is 0.717. The molecule has 0 radical (unpaired) electrons. The van der Waals surface area contributed by atoms with E-state index in [1.54, 1.807) is 6.07 Å². The predicted octanol–water partition coefficient (Wildman–Crippen LogP) is 3.05. The van der Waals surface area contributed by atoms with Crippen LogP contribution in [0.25, 0.3) is 0 Å². The summed E-state index contributed by atoms with van der Waals surface area (Å²) in [6.45, 7) is 8.10. The molecule has 0 N–H and O–H groups in total. The second-order valence-corrected chi connectivity index (χ2v) is 5.83. The molecule has 0 unspecified atom stereocenters. The van der Waals surface area contributed by atoms with Crippen LogP contribution in [-0.4, -0.2) is 44.4 Å². The van der Waals surface area contributed by atoms with Gasteiger partial charge in [-0.2, -0.15) is 0 Å². The van der Waals surface area contributed by atoms with Crippen LogP contribution in [0.4, 0.5) is 10.1 Å². The molecule has 112 valence electrons. The average Bonchev–Trinajstić information content (AvgIpc) is 2.33. The van der Waals surface area contributed by atoms with E-state index in [0.29, 0.717) is 11.6 Å². The number of rotatable bonds is 7. The molecule has 0 aliphatic carbocycles. The summed E-state index contributed by atoms with van der Waals surface area (Å²) >= 11 is 0. The predicted molar refractivity (Wildman–Crippen MR) is 82.0 cm³/mol. The standard InChI is InChI=1S/C16H25FN2O/c1-12(2)11-19(10-9-18(4)5)15-8-6-7-14(17)16(15)13(3)20/h6-8,12H,9-11H2,1-5H3. The molecule has 20 heavy (non-hydrogen) atoms. The number of hydrogen-bond acceptors (Lipinski definition) is 3. The number of Topliss-reactive ketones (excluding diaryl/α,β-unsaturated/α-hetero) is 1.